The molecule has 27 heavy (non-hydrogen) atoms. The Morgan fingerprint density at radius 3 is 2.48 bits per heavy atom. The lowest BCUT2D eigenvalue weighted by Gasteiger charge is -2.49. The second kappa shape index (κ2) is 6.59. The number of aliphatic hydroxyl groups is 1. The van der Waals surface area contributed by atoms with Gasteiger partial charge in [0.1, 0.15) is 0 Å². The van der Waals surface area contributed by atoms with Crippen molar-refractivity contribution in [3.63, 3.8) is 0 Å². The third-order valence-electron chi connectivity index (χ3n) is 6.14. The molecule has 0 saturated carbocycles. The number of hydrogen-bond donors (Lipinski definition) is 1. The number of hydrogen-bond acceptors (Lipinski definition) is 3. The third kappa shape index (κ3) is 3.18. The van der Waals surface area contributed by atoms with Crippen molar-refractivity contribution < 1.29 is 5.11 Å². The van der Waals surface area contributed by atoms with Crippen molar-refractivity contribution in [1.29, 1.82) is 0 Å². The standard InChI is InChI=1S/C24H24N2O/c27-24(17-26-15-12-21(24)13-16-26)14-11-18-5-7-20(8-6-18)23-10-9-19-3-1-2-4-22(19)25-23/h1-11,14,21,27H,12-13,15-17H2. The van der Waals surface area contributed by atoms with Crippen molar-refractivity contribution >= 4 is 17.0 Å². The SMILES string of the molecule is OC1(C=Cc2ccc(-c3ccc4ccccc4n3)cc2)CN2CCC1CC2. The third-order valence-corrected chi connectivity index (χ3v) is 6.14. The van der Waals surface area contributed by atoms with E-state index in [9.17, 15) is 5.11 Å². The molecule has 2 aromatic carbocycles. The molecule has 3 aliphatic rings. The van der Waals surface area contributed by atoms with Gasteiger partial charge >= 0.3 is 0 Å². The van der Waals surface area contributed by atoms with Crippen molar-refractivity contribution in [1.82, 2.24) is 9.88 Å². The van der Waals surface area contributed by atoms with Crippen molar-refractivity contribution in [3.05, 3.63) is 72.3 Å². The molecule has 6 rings (SSSR count). The molecule has 3 heteroatoms. The van der Waals surface area contributed by atoms with Crippen LogP contribution in [0.2, 0.25) is 0 Å². The van der Waals surface area contributed by atoms with Gasteiger partial charge in [0.15, 0.2) is 0 Å². The molecular formula is C24H24N2O. The number of nitrogens with zero attached hydrogens (tertiary/aromatic N) is 2. The highest BCUT2D eigenvalue weighted by Gasteiger charge is 2.43. The first kappa shape index (κ1) is 16.7. The minimum atomic E-state index is -0.672. The Kier molecular flexibility index (Phi) is 4.07. The van der Waals surface area contributed by atoms with Crippen LogP contribution < -0.4 is 0 Å². The zero-order valence-electron chi connectivity index (χ0n) is 15.4. The molecule has 0 aliphatic carbocycles. The molecule has 3 fully saturated rings. The highest BCUT2D eigenvalue weighted by molar-refractivity contribution is 5.81. The van der Waals surface area contributed by atoms with E-state index in [-0.39, 0.29) is 0 Å². The summed E-state index contributed by atoms with van der Waals surface area (Å²) in [4.78, 5) is 7.14. The van der Waals surface area contributed by atoms with Crippen LogP contribution in [-0.2, 0) is 0 Å². The summed E-state index contributed by atoms with van der Waals surface area (Å²) in [6.45, 7) is 3.04. The van der Waals surface area contributed by atoms with Crippen LogP contribution in [0.5, 0.6) is 0 Å². The molecular weight excluding hydrogens is 332 g/mol. The molecule has 3 aromatic rings. The Morgan fingerprint density at radius 2 is 1.74 bits per heavy atom. The average Bonchev–Trinajstić information content (AvgIpc) is 2.73. The maximum atomic E-state index is 11.0. The van der Waals surface area contributed by atoms with Gasteiger partial charge in [-0.3, -0.25) is 0 Å². The molecule has 3 nitrogen and oxygen atoms in total. The Labute approximate surface area is 160 Å². The lowest BCUT2D eigenvalue weighted by atomic mass is 9.75. The van der Waals surface area contributed by atoms with Crippen LogP contribution in [0.1, 0.15) is 18.4 Å². The zero-order valence-corrected chi connectivity index (χ0v) is 15.4. The molecule has 2 bridgehead atoms. The van der Waals surface area contributed by atoms with Gasteiger partial charge in [0.05, 0.1) is 16.8 Å². The average molecular weight is 356 g/mol. The summed E-state index contributed by atoms with van der Waals surface area (Å²) in [7, 11) is 0. The van der Waals surface area contributed by atoms with Crippen LogP contribution in [-0.4, -0.2) is 40.2 Å². The Bertz CT molecular complexity index is 987. The lowest BCUT2D eigenvalue weighted by Crippen LogP contribution is -2.58. The topological polar surface area (TPSA) is 36.4 Å². The number of aromatic nitrogens is 1. The highest BCUT2D eigenvalue weighted by atomic mass is 16.3. The van der Waals surface area contributed by atoms with Crippen LogP contribution >= 0.6 is 0 Å². The maximum Gasteiger partial charge on any atom is 0.0986 e. The summed E-state index contributed by atoms with van der Waals surface area (Å²) in [6.07, 6.45) is 6.30. The van der Waals surface area contributed by atoms with Crippen molar-refractivity contribution in [3.8, 4) is 11.3 Å². The van der Waals surface area contributed by atoms with E-state index in [0.29, 0.717) is 5.92 Å². The van der Waals surface area contributed by atoms with E-state index >= 15 is 0 Å². The van der Waals surface area contributed by atoms with Crippen molar-refractivity contribution in [2.24, 2.45) is 5.92 Å². The molecule has 3 saturated heterocycles. The van der Waals surface area contributed by atoms with Gasteiger partial charge in [-0.15, -0.1) is 0 Å². The van der Waals surface area contributed by atoms with Crippen LogP contribution in [0.25, 0.3) is 28.2 Å². The van der Waals surface area contributed by atoms with E-state index in [0.717, 1.165) is 60.2 Å². The minimum Gasteiger partial charge on any atom is -0.384 e. The van der Waals surface area contributed by atoms with Gasteiger partial charge in [-0.25, -0.2) is 4.98 Å². The van der Waals surface area contributed by atoms with Crippen molar-refractivity contribution in [2.45, 2.75) is 18.4 Å². The number of rotatable bonds is 3. The van der Waals surface area contributed by atoms with Gasteiger partial charge in [0.25, 0.3) is 0 Å². The number of piperidine rings is 3. The summed E-state index contributed by atoms with van der Waals surface area (Å²) in [5.74, 6) is 0.403. The summed E-state index contributed by atoms with van der Waals surface area (Å²) in [5.41, 5.74) is 3.56. The normalized spacial score (nSPS) is 27.4. The summed E-state index contributed by atoms with van der Waals surface area (Å²) in [6, 6.07) is 20.8. The molecule has 136 valence electrons. The number of benzene rings is 2. The van der Waals surface area contributed by atoms with Crippen LogP contribution in [0, 0.1) is 5.92 Å². The van der Waals surface area contributed by atoms with Gasteiger partial charge < -0.3 is 10.0 Å². The minimum absolute atomic E-state index is 0.403. The summed E-state index contributed by atoms with van der Waals surface area (Å²) >= 11 is 0. The number of fused-ring (bicyclic) bond motifs is 4. The smallest absolute Gasteiger partial charge is 0.0986 e. The van der Waals surface area contributed by atoms with E-state index < -0.39 is 5.60 Å². The molecule has 3 aliphatic heterocycles. The van der Waals surface area contributed by atoms with Gasteiger partial charge in [0.2, 0.25) is 0 Å². The molecule has 0 radical (unpaired) electrons. The van der Waals surface area contributed by atoms with E-state index in [1.807, 2.05) is 24.3 Å². The van der Waals surface area contributed by atoms with E-state index in [2.05, 4.69) is 53.4 Å². The molecule has 0 spiro atoms. The Hall–Kier alpha value is -2.49. The fourth-order valence-electron chi connectivity index (χ4n) is 4.50. The quantitative estimate of drug-likeness (QED) is 0.757. The Morgan fingerprint density at radius 1 is 0.963 bits per heavy atom. The van der Waals surface area contributed by atoms with Gasteiger partial charge in [-0.2, -0.15) is 0 Å². The van der Waals surface area contributed by atoms with E-state index in [1.165, 1.54) is 0 Å². The van der Waals surface area contributed by atoms with Gasteiger partial charge in [-0.1, -0.05) is 60.7 Å². The van der Waals surface area contributed by atoms with E-state index in [1.54, 1.807) is 0 Å². The molecule has 0 amide bonds. The first-order chi connectivity index (χ1) is 13.2. The lowest BCUT2D eigenvalue weighted by molar-refractivity contribution is -0.0775. The van der Waals surface area contributed by atoms with Gasteiger partial charge in [-0.05, 0) is 49.5 Å². The summed E-state index contributed by atoms with van der Waals surface area (Å²) in [5, 5.41) is 12.2. The Balaban J connectivity index is 1.37. The fraction of sp³-hybridized carbons (Fsp3) is 0.292. The monoisotopic (exact) mass is 356 g/mol. The van der Waals surface area contributed by atoms with Gasteiger partial charge in [0, 0.05) is 17.5 Å². The van der Waals surface area contributed by atoms with E-state index in [4.69, 9.17) is 4.98 Å². The fourth-order valence-corrected chi connectivity index (χ4v) is 4.50. The van der Waals surface area contributed by atoms with Crippen LogP contribution in [0.15, 0.2) is 66.7 Å². The van der Waals surface area contributed by atoms with Crippen LogP contribution in [0.4, 0.5) is 0 Å². The second-order valence-corrected chi connectivity index (χ2v) is 7.89. The number of pyridine rings is 1. The van der Waals surface area contributed by atoms with Crippen LogP contribution in [0.3, 0.4) is 0 Å². The zero-order chi connectivity index (χ0) is 18.3. The molecule has 1 N–H and O–H groups in total. The van der Waals surface area contributed by atoms with Crippen molar-refractivity contribution in [2.75, 3.05) is 19.6 Å². The predicted octanol–water partition coefficient (Wildman–Crippen LogP) is 4.37. The molecule has 1 unspecified atom stereocenters. The highest BCUT2D eigenvalue weighted by Crippen LogP contribution is 2.36. The largest absolute Gasteiger partial charge is 0.384 e. The second-order valence-electron chi connectivity index (χ2n) is 7.89. The summed E-state index contributed by atoms with van der Waals surface area (Å²) < 4.78 is 0. The maximum absolute atomic E-state index is 11.0. The molecule has 1 aromatic heterocycles. The number of para-hydroxylation sites is 1. The molecule has 4 heterocycles. The first-order valence-corrected chi connectivity index (χ1v) is 9.80. The first-order valence-electron chi connectivity index (χ1n) is 9.80. The molecule has 1 atom stereocenters. The predicted molar refractivity (Wildman–Crippen MR) is 110 cm³/mol.